The van der Waals surface area contributed by atoms with E-state index in [9.17, 15) is 14.7 Å². The Morgan fingerprint density at radius 2 is 2.10 bits per heavy atom. The van der Waals surface area contributed by atoms with Crippen LogP contribution < -0.4 is 10.6 Å². The number of nitrogens with one attached hydrogen (secondary N) is 2. The third kappa shape index (κ3) is 5.36. The number of carbonyl (C=O) groups excluding carboxylic acids is 1. The topological polar surface area (TPSA) is 98.7 Å². The smallest absolute Gasteiger partial charge is 0.319 e. The molecule has 1 aromatic carbocycles. The summed E-state index contributed by atoms with van der Waals surface area (Å²) in [5, 5.41) is 23.7. The Hall–Kier alpha value is -1.31. The van der Waals surface area contributed by atoms with Gasteiger partial charge in [0.15, 0.2) is 0 Å². The SMILES string of the molecule is CC(O)(CNC(=O)Nc1cccc(Cl)c1Br)CC(=O)O. The molecule has 0 aliphatic carbocycles. The van der Waals surface area contributed by atoms with Gasteiger partial charge in [0.05, 0.1) is 27.2 Å². The van der Waals surface area contributed by atoms with Crippen molar-refractivity contribution in [2.75, 3.05) is 11.9 Å². The van der Waals surface area contributed by atoms with E-state index in [0.717, 1.165) is 0 Å². The van der Waals surface area contributed by atoms with E-state index in [1.54, 1.807) is 18.2 Å². The highest BCUT2D eigenvalue weighted by Crippen LogP contribution is 2.29. The maximum absolute atomic E-state index is 11.7. The number of rotatable bonds is 5. The molecule has 0 saturated carbocycles. The molecule has 0 aliphatic heterocycles. The van der Waals surface area contributed by atoms with Crippen LogP contribution >= 0.6 is 27.5 Å². The second kappa shape index (κ2) is 6.92. The first-order chi connectivity index (χ1) is 9.21. The molecule has 0 radical (unpaired) electrons. The molecule has 2 amide bonds. The van der Waals surface area contributed by atoms with Gasteiger partial charge in [0.1, 0.15) is 0 Å². The number of benzene rings is 1. The minimum absolute atomic E-state index is 0.191. The largest absolute Gasteiger partial charge is 0.481 e. The number of hydrogen-bond acceptors (Lipinski definition) is 3. The van der Waals surface area contributed by atoms with E-state index in [2.05, 4.69) is 26.6 Å². The van der Waals surface area contributed by atoms with Crippen LogP contribution in [0.5, 0.6) is 0 Å². The Kier molecular flexibility index (Phi) is 5.79. The fourth-order valence-electron chi connectivity index (χ4n) is 1.43. The van der Waals surface area contributed by atoms with Gasteiger partial charge in [-0.3, -0.25) is 4.79 Å². The summed E-state index contributed by atoms with van der Waals surface area (Å²) >= 11 is 9.11. The third-order valence-corrected chi connectivity index (χ3v) is 3.76. The van der Waals surface area contributed by atoms with Gasteiger partial charge < -0.3 is 20.8 Å². The van der Waals surface area contributed by atoms with E-state index in [-0.39, 0.29) is 6.54 Å². The van der Waals surface area contributed by atoms with Crippen LogP contribution in [0.3, 0.4) is 0 Å². The third-order valence-electron chi connectivity index (χ3n) is 2.36. The average Bonchev–Trinajstić information content (AvgIpc) is 2.31. The van der Waals surface area contributed by atoms with Gasteiger partial charge in [0, 0.05) is 6.54 Å². The Bertz CT molecular complexity index is 522. The summed E-state index contributed by atoms with van der Waals surface area (Å²) in [5.74, 6) is -1.14. The number of carboxylic acids is 1. The number of halogens is 2. The number of aliphatic hydroxyl groups is 1. The van der Waals surface area contributed by atoms with Crippen molar-refractivity contribution in [3.63, 3.8) is 0 Å². The van der Waals surface area contributed by atoms with Gasteiger partial charge >= 0.3 is 12.0 Å². The molecule has 0 aromatic heterocycles. The fourth-order valence-corrected chi connectivity index (χ4v) is 1.96. The molecule has 1 rings (SSSR count). The first-order valence-electron chi connectivity index (χ1n) is 5.64. The number of aliphatic carboxylic acids is 1. The van der Waals surface area contributed by atoms with Crippen LogP contribution in [0.2, 0.25) is 5.02 Å². The Balaban J connectivity index is 2.56. The molecule has 110 valence electrons. The normalized spacial score (nSPS) is 13.4. The molecular weight excluding hydrogens is 351 g/mol. The minimum atomic E-state index is -1.52. The number of urea groups is 1. The number of carboxylic acid groups (broad SMARTS) is 1. The minimum Gasteiger partial charge on any atom is -0.481 e. The van der Waals surface area contributed by atoms with E-state index in [0.29, 0.717) is 15.2 Å². The van der Waals surface area contributed by atoms with Crippen molar-refractivity contribution < 1.29 is 19.8 Å². The lowest BCUT2D eigenvalue weighted by Gasteiger charge is -2.21. The van der Waals surface area contributed by atoms with Crippen molar-refractivity contribution in [1.82, 2.24) is 5.32 Å². The average molecular weight is 366 g/mol. The van der Waals surface area contributed by atoms with Crippen molar-refractivity contribution in [2.45, 2.75) is 18.9 Å². The van der Waals surface area contributed by atoms with Crippen molar-refractivity contribution in [3.05, 3.63) is 27.7 Å². The van der Waals surface area contributed by atoms with E-state index in [1.165, 1.54) is 6.92 Å². The monoisotopic (exact) mass is 364 g/mol. The second-order valence-electron chi connectivity index (χ2n) is 4.48. The van der Waals surface area contributed by atoms with Gasteiger partial charge in [0.25, 0.3) is 0 Å². The summed E-state index contributed by atoms with van der Waals surface area (Å²) in [5.41, 5.74) is -1.05. The molecule has 1 unspecified atom stereocenters. The van der Waals surface area contributed by atoms with E-state index < -0.39 is 24.0 Å². The van der Waals surface area contributed by atoms with E-state index in [4.69, 9.17) is 16.7 Å². The summed E-state index contributed by atoms with van der Waals surface area (Å²) in [6.45, 7) is 1.14. The predicted octanol–water partition coefficient (Wildman–Crippen LogP) is 2.45. The maximum Gasteiger partial charge on any atom is 0.319 e. The molecule has 0 saturated heterocycles. The molecular formula is C12H14BrClN2O4. The molecule has 1 aromatic rings. The van der Waals surface area contributed by atoms with Gasteiger partial charge in [-0.1, -0.05) is 17.7 Å². The quantitative estimate of drug-likeness (QED) is 0.644. The standard InChI is InChI=1S/C12H14BrClN2O4/c1-12(20,5-9(17)18)6-15-11(19)16-8-4-2-3-7(14)10(8)13/h2-4,20H,5-6H2,1H3,(H,17,18)(H2,15,16,19). The van der Waals surface area contributed by atoms with Gasteiger partial charge in [-0.15, -0.1) is 0 Å². The van der Waals surface area contributed by atoms with Crippen LogP contribution in [0.1, 0.15) is 13.3 Å². The summed E-state index contributed by atoms with van der Waals surface area (Å²) in [6, 6.07) is 4.40. The predicted molar refractivity (Wildman–Crippen MR) is 79.1 cm³/mol. The van der Waals surface area contributed by atoms with Crippen LogP contribution in [0.15, 0.2) is 22.7 Å². The van der Waals surface area contributed by atoms with Crippen LogP contribution in [0.4, 0.5) is 10.5 Å². The first kappa shape index (κ1) is 16.7. The molecule has 20 heavy (non-hydrogen) atoms. The van der Waals surface area contributed by atoms with Crippen LogP contribution in [-0.2, 0) is 4.79 Å². The van der Waals surface area contributed by atoms with Gasteiger partial charge in [-0.2, -0.15) is 0 Å². The lowest BCUT2D eigenvalue weighted by Crippen LogP contribution is -2.43. The Morgan fingerprint density at radius 1 is 1.45 bits per heavy atom. The summed E-state index contributed by atoms with van der Waals surface area (Å²) < 4.78 is 0.536. The number of hydrogen-bond donors (Lipinski definition) is 4. The Labute approximate surface area is 129 Å². The molecule has 0 fully saturated rings. The summed E-state index contributed by atoms with van der Waals surface area (Å²) in [7, 11) is 0. The number of amides is 2. The molecule has 6 nitrogen and oxygen atoms in total. The summed E-state index contributed by atoms with van der Waals surface area (Å²) in [4.78, 5) is 22.2. The van der Waals surface area contributed by atoms with Crippen LogP contribution in [0.25, 0.3) is 0 Å². The zero-order chi connectivity index (χ0) is 15.3. The highest BCUT2D eigenvalue weighted by atomic mass is 79.9. The fraction of sp³-hybridized carbons (Fsp3) is 0.333. The second-order valence-corrected chi connectivity index (χ2v) is 5.68. The lowest BCUT2D eigenvalue weighted by atomic mass is 10.0. The molecule has 0 bridgehead atoms. The van der Waals surface area contributed by atoms with Gasteiger partial charge in [-0.05, 0) is 35.0 Å². The van der Waals surface area contributed by atoms with Crippen LogP contribution in [-0.4, -0.2) is 34.4 Å². The van der Waals surface area contributed by atoms with Crippen LogP contribution in [0, 0.1) is 0 Å². The Morgan fingerprint density at radius 3 is 2.70 bits per heavy atom. The molecule has 0 heterocycles. The molecule has 0 aliphatic rings. The van der Waals surface area contributed by atoms with Crippen molar-refractivity contribution in [3.8, 4) is 0 Å². The zero-order valence-electron chi connectivity index (χ0n) is 10.6. The lowest BCUT2D eigenvalue weighted by molar-refractivity contribution is -0.141. The van der Waals surface area contributed by atoms with Gasteiger partial charge in [0.2, 0.25) is 0 Å². The molecule has 1 atom stereocenters. The maximum atomic E-state index is 11.7. The van der Waals surface area contributed by atoms with Crippen molar-refractivity contribution in [2.24, 2.45) is 0 Å². The summed E-state index contributed by atoms with van der Waals surface area (Å²) in [6.07, 6.45) is -0.464. The first-order valence-corrected chi connectivity index (χ1v) is 6.81. The molecule has 0 spiro atoms. The number of carbonyl (C=O) groups is 2. The number of anilines is 1. The van der Waals surface area contributed by atoms with Gasteiger partial charge in [-0.25, -0.2) is 4.79 Å². The highest BCUT2D eigenvalue weighted by molar-refractivity contribution is 9.10. The molecule has 8 heteroatoms. The molecule has 4 N–H and O–H groups in total. The van der Waals surface area contributed by atoms with Crippen molar-refractivity contribution in [1.29, 1.82) is 0 Å². The zero-order valence-corrected chi connectivity index (χ0v) is 13.0. The van der Waals surface area contributed by atoms with Crippen molar-refractivity contribution >= 4 is 45.2 Å². The highest BCUT2D eigenvalue weighted by Gasteiger charge is 2.24. The van der Waals surface area contributed by atoms with E-state index in [1.807, 2.05) is 0 Å². The van der Waals surface area contributed by atoms with E-state index >= 15 is 0 Å².